The maximum absolute atomic E-state index is 11.2. The first kappa shape index (κ1) is 63.5. The molecular weight excluding hydrogens is 1050 g/mol. The molecule has 430 valence electrons. The van der Waals surface area contributed by atoms with E-state index in [4.69, 9.17) is 56.8 Å². The van der Waals surface area contributed by atoms with Crippen molar-refractivity contribution in [1.29, 1.82) is 0 Å². The number of aliphatic hydroxyl groups is 18. The van der Waals surface area contributed by atoms with Crippen LogP contribution in [0.2, 0.25) is 0 Å². The molecule has 22 aliphatic heterocycles. The Balaban J connectivity index is 0.000000849. The number of hydrogen-bond donors (Lipinski definition) is 19. The van der Waals surface area contributed by atoms with Crippen LogP contribution in [-0.4, -0.2) is 321 Å². The molecule has 1 aromatic rings. The number of hydrogen-bond acceptors (Lipinski definition) is 33. The van der Waals surface area contributed by atoms with E-state index in [-0.39, 0.29) is 29.6 Å². The second-order valence-electron chi connectivity index (χ2n) is 18.3. The third-order valence-corrected chi connectivity index (χ3v) is 13.5. The molecule has 35 heteroatoms. The summed E-state index contributed by atoms with van der Waals surface area (Å²) in [4.78, 5) is 13.3. The number of nitrogens with zero attached hydrogens (tertiary/aromatic N) is 2. The van der Waals surface area contributed by atoms with Crippen LogP contribution in [0.5, 0.6) is 0 Å². The summed E-state index contributed by atoms with van der Waals surface area (Å²) in [5.74, 6) is 0.465. The van der Waals surface area contributed by atoms with E-state index in [0.29, 0.717) is 5.82 Å². The van der Waals surface area contributed by atoms with Gasteiger partial charge in [-0.1, -0.05) is 6.07 Å². The topological polar surface area (TPSA) is 529 Å². The van der Waals surface area contributed by atoms with Crippen LogP contribution in [0.15, 0.2) is 29.7 Å². The minimum absolute atomic E-state index is 0. The largest absolute Gasteiger partial charge is 1.00 e. The van der Waals surface area contributed by atoms with E-state index in [1.165, 1.54) is 0 Å². The third kappa shape index (κ3) is 13.5. The average molecular weight is 1120 g/mol. The van der Waals surface area contributed by atoms with Crippen molar-refractivity contribution in [1.82, 2.24) is 4.98 Å². The maximum Gasteiger partial charge on any atom is 1.00 e. The molecule has 12 bridgehead atoms. The Morgan fingerprint density at radius 1 is 0.355 bits per heavy atom. The standard InChI is InChI=1S/C36H60O30.C5H5N3O.Na/c37-1-7-25-13(43)19(49)31(55-7)62-26-8(2-38)57-33(21(51)15(26)45)64-28-10(4-40)59-35(23(53)17(28)47)66-30-12(6-42)60-36(24(54)18(30)48)65-29-11(5-41)58-34(22(52)16(29)46)63-27-9(3-39)56-32(61-25)20(50)14(27)44;9-8-7-5-3-1-2-4-6-5;/h7-54H,1-6H2;1-4H,(H,6,7,9);/q;;+1. The van der Waals surface area contributed by atoms with Gasteiger partial charge in [0.15, 0.2) is 37.7 Å². The number of nitroso groups, excluding NO2 is 1. The smallest absolute Gasteiger partial charge is 0.394 e. The molecular formula is C41H65N3NaO31+. The van der Waals surface area contributed by atoms with Gasteiger partial charge in [-0.05, 0) is 12.1 Å². The van der Waals surface area contributed by atoms with E-state index in [1.807, 2.05) is 0 Å². The number of anilines is 1. The molecule has 0 saturated carbocycles. The molecule has 0 aromatic carbocycles. The zero-order valence-electron chi connectivity index (χ0n) is 40.1. The van der Waals surface area contributed by atoms with Crippen LogP contribution < -0.4 is 35.0 Å². The van der Waals surface area contributed by atoms with Gasteiger partial charge in [0.05, 0.1) is 44.9 Å². The number of rotatable bonds is 8. The molecule has 0 amide bonds. The maximum atomic E-state index is 11.2. The van der Waals surface area contributed by atoms with Crippen molar-refractivity contribution in [3.63, 3.8) is 0 Å². The Morgan fingerprint density at radius 3 is 0.724 bits per heavy atom. The number of aliphatic hydroxyl groups excluding tert-OH is 18. The third-order valence-electron chi connectivity index (χ3n) is 13.5. The average Bonchev–Trinajstić information content (AvgIpc) is 3.41. The van der Waals surface area contributed by atoms with Gasteiger partial charge in [-0.15, -0.1) is 4.91 Å². The second kappa shape index (κ2) is 28.4. The Bertz CT molecular complexity index is 1610. The fraction of sp³-hybridized carbons (Fsp3) is 0.878. The van der Waals surface area contributed by atoms with E-state index in [2.05, 4.69) is 15.7 Å². The summed E-state index contributed by atoms with van der Waals surface area (Å²) >= 11 is 0. The molecule has 22 fully saturated rings. The first-order valence-electron chi connectivity index (χ1n) is 23.5. The van der Waals surface area contributed by atoms with Crippen molar-refractivity contribution in [2.24, 2.45) is 5.29 Å². The molecule has 19 N–H and O–H groups in total. The molecule has 22 aliphatic rings. The van der Waals surface area contributed by atoms with Crippen LogP contribution in [0.4, 0.5) is 5.82 Å². The first-order valence-corrected chi connectivity index (χ1v) is 23.5. The summed E-state index contributed by atoms with van der Waals surface area (Å²) in [6.45, 7) is -5.99. The van der Waals surface area contributed by atoms with Gasteiger partial charge < -0.3 is 149 Å². The second-order valence-corrected chi connectivity index (χ2v) is 18.3. The van der Waals surface area contributed by atoms with Crippen molar-refractivity contribution < 1.29 is 178 Å². The van der Waals surface area contributed by atoms with Gasteiger partial charge >= 0.3 is 29.6 Å². The van der Waals surface area contributed by atoms with E-state index in [9.17, 15) is 96.8 Å². The normalized spacial score (nSPS) is 49.1. The Labute approximate surface area is 451 Å². The zero-order chi connectivity index (χ0) is 54.6. The van der Waals surface area contributed by atoms with Crippen LogP contribution in [0.1, 0.15) is 0 Å². The van der Waals surface area contributed by atoms with E-state index in [1.54, 1.807) is 24.4 Å². The Kier molecular flexibility index (Phi) is 23.7. The molecule has 23 rings (SSSR count). The van der Waals surface area contributed by atoms with Crippen molar-refractivity contribution in [2.75, 3.05) is 45.1 Å². The predicted molar refractivity (Wildman–Crippen MR) is 229 cm³/mol. The van der Waals surface area contributed by atoms with Crippen LogP contribution in [0, 0.1) is 4.91 Å². The van der Waals surface area contributed by atoms with Gasteiger partial charge in [0.2, 0.25) is 0 Å². The monoisotopic (exact) mass is 1120 g/mol. The number of ether oxygens (including phenoxy) is 12. The first-order chi connectivity index (χ1) is 35.9. The Hall–Kier alpha value is -1.65. The van der Waals surface area contributed by atoms with Crippen LogP contribution >= 0.6 is 0 Å². The van der Waals surface area contributed by atoms with Crippen LogP contribution in [0.25, 0.3) is 0 Å². The van der Waals surface area contributed by atoms with Crippen LogP contribution in [-0.2, 0) is 56.8 Å². The van der Waals surface area contributed by atoms with Crippen molar-refractivity contribution >= 4 is 5.82 Å². The van der Waals surface area contributed by atoms with Crippen molar-refractivity contribution in [2.45, 2.75) is 184 Å². The predicted octanol–water partition coefficient (Wildman–Crippen LogP) is -14.9. The molecule has 22 saturated heterocycles. The minimum Gasteiger partial charge on any atom is -0.394 e. The molecule has 1 aromatic heterocycles. The van der Waals surface area contributed by atoms with Crippen LogP contribution in [0.3, 0.4) is 0 Å². The molecule has 76 heavy (non-hydrogen) atoms. The molecule has 30 unspecified atom stereocenters. The molecule has 23 heterocycles. The van der Waals surface area contributed by atoms with Gasteiger partial charge in [-0.25, -0.2) is 10.4 Å². The molecule has 0 aliphatic carbocycles. The molecule has 34 nitrogen and oxygen atoms in total. The van der Waals surface area contributed by atoms with Gasteiger partial charge in [0.1, 0.15) is 152 Å². The van der Waals surface area contributed by atoms with E-state index >= 15 is 0 Å². The minimum atomic E-state index is -2.15. The number of pyridine rings is 1. The van der Waals surface area contributed by atoms with Gasteiger partial charge in [-0.3, -0.25) is 0 Å². The quantitative estimate of drug-likeness (QED) is 0.0653. The van der Waals surface area contributed by atoms with E-state index in [0.717, 1.165) is 0 Å². The summed E-state index contributed by atoms with van der Waals surface area (Å²) in [5, 5.41) is 198. The molecule has 30 atom stereocenters. The number of aromatic nitrogens is 1. The molecule has 0 spiro atoms. The summed E-state index contributed by atoms with van der Waals surface area (Å²) in [7, 11) is 0. The molecule has 0 radical (unpaired) electrons. The summed E-state index contributed by atoms with van der Waals surface area (Å²) in [6, 6.07) is 5.18. The zero-order valence-corrected chi connectivity index (χ0v) is 42.1. The summed E-state index contributed by atoms with van der Waals surface area (Å²) in [5.41, 5.74) is 2.17. The van der Waals surface area contributed by atoms with Gasteiger partial charge in [-0.2, -0.15) is 0 Å². The summed E-state index contributed by atoms with van der Waals surface area (Å²) < 4.78 is 67.9. The number of nitrogens with one attached hydrogen (secondary N) is 1. The Morgan fingerprint density at radius 2 is 0.566 bits per heavy atom. The fourth-order valence-corrected chi connectivity index (χ4v) is 9.40. The SMILES string of the molecule is O=NNc1ccccn1.OCC1OC2OC3C(CO)OC(OC4C(CO)OC(OC5C(CO)OC(OC6C(CO)OC(OC7C(CO)OC(OC1C(O)C2O)C(O)C7O)C(O)C6O)C(O)C5O)C(O)C4O)C(O)C3O.[Na+]. The summed E-state index contributed by atoms with van der Waals surface area (Å²) in [6.07, 6.45) is -56.9. The van der Waals surface area contributed by atoms with Gasteiger partial charge in [0.25, 0.3) is 0 Å². The van der Waals surface area contributed by atoms with Crippen molar-refractivity contribution in [3.05, 3.63) is 29.3 Å². The fourth-order valence-electron chi connectivity index (χ4n) is 9.40. The van der Waals surface area contributed by atoms with Gasteiger partial charge in [0, 0.05) is 6.20 Å². The van der Waals surface area contributed by atoms with Crippen molar-refractivity contribution in [3.8, 4) is 0 Å². The van der Waals surface area contributed by atoms with E-state index < -0.39 is 224 Å².